The highest BCUT2D eigenvalue weighted by Crippen LogP contribution is 2.21. The molecule has 0 unspecified atom stereocenters. The summed E-state index contributed by atoms with van der Waals surface area (Å²) in [5.41, 5.74) is 2.30. The lowest BCUT2D eigenvalue weighted by Gasteiger charge is -2.18. The second-order valence-corrected chi connectivity index (χ2v) is 5.16. The van der Waals surface area contributed by atoms with Crippen LogP contribution in [0.15, 0.2) is 6.07 Å². The van der Waals surface area contributed by atoms with Crippen molar-refractivity contribution in [2.24, 2.45) is 5.84 Å². The van der Waals surface area contributed by atoms with E-state index in [9.17, 15) is 4.79 Å². The van der Waals surface area contributed by atoms with Crippen LogP contribution in [-0.2, 0) is 10.2 Å². The molecule has 1 aromatic rings. The molecule has 1 heterocycles. The van der Waals surface area contributed by atoms with Gasteiger partial charge in [-0.3, -0.25) is 4.79 Å². The summed E-state index contributed by atoms with van der Waals surface area (Å²) in [6.45, 7) is 8.67. The quantitative estimate of drug-likeness (QED) is 0.460. The summed E-state index contributed by atoms with van der Waals surface area (Å²) in [4.78, 5) is 20.1. The molecule has 19 heavy (non-hydrogen) atoms. The first kappa shape index (κ1) is 15.2. The van der Waals surface area contributed by atoms with Crippen LogP contribution in [0.3, 0.4) is 0 Å². The van der Waals surface area contributed by atoms with Crippen molar-refractivity contribution in [3.8, 4) is 0 Å². The molecular formula is C12H22N6O. The Balaban J connectivity index is 2.86. The topological polar surface area (TPSA) is 105 Å². The van der Waals surface area contributed by atoms with Crippen LogP contribution >= 0.6 is 0 Å². The number of likely N-dealkylation sites (N-methyl/N-ethyl adjacent to an activating group) is 1. The van der Waals surface area contributed by atoms with Crippen molar-refractivity contribution in [3.63, 3.8) is 0 Å². The highest BCUT2D eigenvalue weighted by Gasteiger charge is 2.19. The molecule has 0 bridgehead atoms. The number of carbonyl (C=O) groups excluding carboxylic acids is 1. The third-order valence-corrected chi connectivity index (χ3v) is 2.35. The van der Waals surface area contributed by atoms with Gasteiger partial charge in [0.25, 0.3) is 0 Å². The normalized spacial score (nSPS) is 11.0. The number of hydrogen-bond acceptors (Lipinski definition) is 6. The van der Waals surface area contributed by atoms with E-state index in [1.165, 1.54) is 0 Å². The summed E-state index contributed by atoms with van der Waals surface area (Å²) < 4.78 is 0. The Bertz CT molecular complexity index is 440. The molecule has 0 spiro atoms. The summed E-state index contributed by atoms with van der Waals surface area (Å²) in [6, 6.07) is 1.66. The Morgan fingerprint density at radius 3 is 2.47 bits per heavy atom. The summed E-state index contributed by atoms with van der Waals surface area (Å²) in [6.07, 6.45) is 0. The molecule has 0 aromatic carbocycles. The molecule has 1 rings (SSSR count). The minimum absolute atomic E-state index is 0.0827. The van der Waals surface area contributed by atoms with E-state index in [0.717, 1.165) is 0 Å². The molecule has 0 atom stereocenters. The molecule has 0 radical (unpaired) electrons. The van der Waals surface area contributed by atoms with E-state index < -0.39 is 0 Å². The maximum Gasteiger partial charge on any atom is 0.239 e. The van der Waals surface area contributed by atoms with Gasteiger partial charge in [0, 0.05) is 18.0 Å². The maximum absolute atomic E-state index is 11.4. The zero-order valence-electron chi connectivity index (χ0n) is 11.9. The summed E-state index contributed by atoms with van der Waals surface area (Å²) in [7, 11) is 0. The standard InChI is InChI=1S/C12H22N6O/c1-5-14-10(19)7-15-8-6-9(18-13)17-11(16-8)12(2,3)4/h6H,5,7,13H2,1-4H3,(H,14,19)(H2,15,16,17,18). The van der Waals surface area contributed by atoms with E-state index in [1.54, 1.807) is 6.07 Å². The predicted molar refractivity (Wildman–Crippen MR) is 75.7 cm³/mol. The monoisotopic (exact) mass is 266 g/mol. The van der Waals surface area contributed by atoms with Crippen molar-refractivity contribution in [2.75, 3.05) is 23.8 Å². The highest BCUT2D eigenvalue weighted by molar-refractivity contribution is 5.80. The number of nitrogens with one attached hydrogen (secondary N) is 3. The van der Waals surface area contributed by atoms with Crippen LogP contribution in [0.1, 0.15) is 33.5 Å². The van der Waals surface area contributed by atoms with Crippen LogP contribution in [-0.4, -0.2) is 29.0 Å². The zero-order valence-corrected chi connectivity index (χ0v) is 11.9. The van der Waals surface area contributed by atoms with E-state index in [4.69, 9.17) is 5.84 Å². The van der Waals surface area contributed by atoms with Gasteiger partial charge < -0.3 is 16.1 Å². The first-order chi connectivity index (χ1) is 8.86. The predicted octanol–water partition coefficient (Wildman–Crippen LogP) is 0.608. The SMILES string of the molecule is CCNC(=O)CNc1cc(NN)nc(C(C)(C)C)n1. The van der Waals surface area contributed by atoms with Gasteiger partial charge in [0.1, 0.15) is 17.5 Å². The fourth-order valence-corrected chi connectivity index (χ4v) is 1.38. The lowest BCUT2D eigenvalue weighted by Crippen LogP contribution is -2.30. The minimum Gasteiger partial charge on any atom is -0.361 e. The van der Waals surface area contributed by atoms with E-state index in [-0.39, 0.29) is 17.9 Å². The number of aromatic nitrogens is 2. The first-order valence-corrected chi connectivity index (χ1v) is 6.23. The number of amides is 1. The van der Waals surface area contributed by atoms with Crippen molar-refractivity contribution in [2.45, 2.75) is 33.1 Å². The Morgan fingerprint density at radius 2 is 1.95 bits per heavy atom. The van der Waals surface area contributed by atoms with E-state index in [0.29, 0.717) is 24.0 Å². The molecule has 0 aliphatic rings. The van der Waals surface area contributed by atoms with Crippen LogP contribution in [0.5, 0.6) is 0 Å². The third kappa shape index (κ3) is 4.70. The number of nitrogens with two attached hydrogens (primary N) is 1. The first-order valence-electron chi connectivity index (χ1n) is 6.23. The van der Waals surface area contributed by atoms with Gasteiger partial charge in [-0.15, -0.1) is 0 Å². The number of rotatable bonds is 5. The molecular weight excluding hydrogens is 244 g/mol. The van der Waals surface area contributed by atoms with Crippen molar-refractivity contribution in [1.29, 1.82) is 0 Å². The fourth-order valence-electron chi connectivity index (χ4n) is 1.38. The molecule has 0 aliphatic heterocycles. The van der Waals surface area contributed by atoms with E-state index >= 15 is 0 Å². The summed E-state index contributed by atoms with van der Waals surface area (Å²) in [5.74, 6) is 7.04. The summed E-state index contributed by atoms with van der Waals surface area (Å²) in [5, 5.41) is 5.66. The lowest BCUT2D eigenvalue weighted by atomic mass is 9.96. The average Bonchev–Trinajstić information content (AvgIpc) is 2.35. The molecule has 0 fully saturated rings. The number of hydrazine groups is 1. The molecule has 7 nitrogen and oxygen atoms in total. The van der Waals surface area contributed by atoms with Crippen molar-refractivity contribution in [1.82, 2.24) is 15.3 Å². The van der Waals surface area contributed by atoms with Gasteiger partial charge in [0.05, 0.1) is 6.54 Å². The molecule has 0 aliphatic carbocycles. The van der Waals surface area contributed by atoms with Crippen LogP contribution in [0.4, 0.5) is 11.6 Å². The smallest absolute Gasteiger partial charge is 0.239 e. The van der Waals surface area contributed by atoms with Crippen molar-refractivity contribution >= 4 is 17.5 Å². The van der Waals surface area contributed by atoms with Crippen LogP contribution in [0, 0.1) is 0 Å². The number of nitrogens with zero attached hydrogens (tertiary/aromatic N) is 2. The minimum atomic E-state index is -0.199. The molecule has 106 valence electrons. The van der Waals surface area contributed by atoms with Crippen molar-refractivity contribution in [3.05, 3.63) is 11.9 Å². The van der Waals surface area contributed by atoms with Crippen LogP contribution in [0.25, 0.3) is 0 Å². The Hall–Kier alpha value is -1.89. The lowest BCUT2D eigenvalue weighted by molar-refractivity contribution is -0.119. The largest absolute Gasteiger partial charge is 0.361 e. The maximum atomic E-state index is 11.4. The number of anilines is 2. The van der Waals surface area contributed by atoms with Gasteiger partial charge in [0.15, 0.2) is 0 Å². The van der Waals surface area contributed by atoms with Gasteiger partial charge in [0.2, 0.25) is 5.91 Å². The Morgan fingerprint density at radius 1 is 1.32 bits per heavy atom. The van der Waals surface area contributed by atoms with Gasteiger partial charge in [-0.25, -0.2) is 15.8 Å². The van der Waals surface area contributed by atoms with E-state index in [1.807, 2.05) is 27.7 Å². The Kier molecular flexibility index (Phi) is 5.05. The van der Waals surface area contributed by atoms with Gasteiger partial charge in [-0.05, 0) is 6.92 Å². The summed E-state index contributed by atoms with van der Waals surface area (Å²) >= 11 is 0. The average molecular weight is 266 g/mol. The van der Waals surface area contributed by atoms with Gasteiger partial charge >= 0.3 is 0 Å². The molecule has 7 heteroatoms. The van der Waals surface area contributed by atoms with Crippen LogP contribution in [0.2, 0.25) is 0 Å². The fraction of sp³-hybridized carbons (Fsp3) is 0.583. The Labute approximate surface area is 113 Å². The number of carbonyl (C=O) groups is 1. The molecule has 1 amide bonds. The molecule has 5 N–H and O–H groups in total. The van der Waals surface area contributed by atoms with Gasteiger partial charge in [-0.1, -0.05) is 20.8 Å². The number of nitrogen functional groups attached to an aromatic ring is 1. The second-order valence-electron chi connectivity index (χ2n) is 5.16. The molecule has 1 aromatic heterocycles. The van der Waals surface area contributed by atoms with Crippen molar-refractivity contribution < 1.29 is 4.79 Å². The van der Waals surface area contributed by atoms with E-state index in [2.05, 4.69) is 26.0 Å². The zero-order chi connectivity index (χ0) is 14.5. The molecule has 0 saturated carbocycles. The highest BCUT2D eigenvalue weighted by atomic mass is 16.1. The third-order valence-electron chi connectivity index (χ3n) is 2.35. The second kappa shape index (κ2) is 6.33. The van der Waals surface area contributed by atoms with Crippen LogP contribution < -0.4 is 21.9 Å². The number of hydrogen-bond donors (Lipinski definition) is 4. The van der Waals surface area contributed by atoms with Gasteiger partial charge in [-0.2, -0.15) is 0 Å². The molecule has 0 saturated heterocycles.